The fourth-order valence-electron chi connectivity index (χ4n) is 6.49. The van der Waals surface area contributed by atoms with Crippen molar-refractivity contribution < 1.29 is 4.74 Å². The van der Waals surface area contributed by atoms with Gasteiger partial charge in [0.05, 0.1) is 0 Å². The molecule has 2 N–H and O–H groups in total. The van der Waals surface area contributed by atoms with Crippen LogP contribution in [0.25, 0.3) is 0 Å². The standard InChI is InChI=1S/C30H43ClN6OS/c1-22-16-23(2)20-37(19-22)27-18-26(36-12-5-3-4-6-13-36)33-28(34-27)35-29(39)32-21-30(10-14-38-15-11-30)24-8-7-9-25(31)17-24/h7-9,17-18,22-23H,3-6,10-16,19-21H2,1-2H3,(H2,32,33,34,35,39)/t22-,23+. The summed E-state index contributed by atoms with van der Waals surface area (Å²) >= 11 is 12.2. The second-order valence-electron chi connectivity index (χ2n) is 11.9. The highest BCUT2D eigenvalue weighted by Crippen LogP contribution is 2.35. The van der Waals surface area contributed by atoms with E-state index in [1.807, 2.05) is 12.1 Å². The number of ether oxygens (including phenoxy) is 1. The van der Waals surface area contributed by atoms with Crippen LogP contribution in [0.5, 0.6) is 0 Å². The van der Waals surface area contributed by atoms with E-state index >= 15 is 0 Å². The van der Waals surface area contributed by atoms with Crippen LogP contribution in [0.2, 0.25) is 5.02 Å². The van der Waals surface area contributed by atoms with Crippen LogP contribution in [-0.4, -0.2) is 61.0 Å². The number of thiocarbonyl (C=S) groups is 1. The first-order valence-electron chi connectivity index (χ1n) is 14.7. The van der Waals surface area contributed by atoms with Gasteiger partial charge in [-0.1, -0.05) is 50.4 Å². The fraction of sp³-hybridized carbons (Fsp3) is 0.633. The molecule has 4 heterocycles. The normalized spacial score (nSPS) is 23.7. The van der Waals surface area contributed by atoms with Crippen molar-refractivity contribution >= 4 is 46.5 Å². The molecule has 0 spiro atoms. The molecule has 1 aromatic carbocycles. The van der Waals surface area contributed by atoms with Crippen LogP contribution in [0.4, 0.5) is 17.6 Å². The Morgan fingerprint density at radius 3 is 2.33 bits per heavy atom. The molecular formula is C30H43ClN6OS. The second kappa shape index (κ2) is 13.0. The number of piperidine rings is 1. The zero-order valence-corrected chi connectivity index (χ0v) is 25.0. The van der Waals surface area contributed by atoms with Crippen LogP contribution in [0, 0.1) is 11.8 Å². The van der Waals surface area contributed by atoms with Gasteiger partial charge in [0, 0.05) is 62.4 Å². The van der Waals surface area contributed by atoms with Crippen LogP contribution in [0.15, 0.2) is 30.3 Å². The van der Waals surface area contributed by atoms with Crippen LogP contribution in [0.1, 0.15) is 64.4 Å². The fourth-order valence-corrected chi connectivity index (χ4v) is 6.85. The number of halogens is 1. The predicted octanol–water partition coefficient (Wildman–Crippen LogP) is 6.03. The number of hydrogen-bond acceptors (Lipinski definition) is 6. The Bertz CT molecular complexity index is 1110. The molecule has 0 radical (unpaired) electrons. The molecule has 0 aliphatic carbocycles. The Balaban J connectivity index is 1.34. The highest BCUT2D eigenvalue weighted by molar-refractivity contribution is 7.80. The minimum absolute atomic E-state index is 0.0884. The molecule has 3 saturated heterocycles. The molecule has 2 atom stereocenters. The number of nitrogens with one attached hydrogen (secondary N) is 2. The first kappa shape index (κ1) is 28.4. The van der Waals surface area contributed by atoms with Crippen molar-refractivity contribution in [3.63, 3.8) is 0 Å². The largest absolute Gasteiger partial charge is 0.381 e. The van der Waals surface area contributed by atoms with Gasteiger partial charge in [0.1, 0.15) is 11.6 Å². The molecule has 1 aromatic heterocycles. The summed E-state index contributed by atoms with van der Waals surface area (Å²) in [6, 6.07) is 10.4. The van der Waals surface area contributed by atoms with Crippen LogP contribution in [-0.2, 0) is 10.2 Å². The topological polar surface area (TPSA) is 65.5 Å². The quantitative estimate of drug-likeness (QED) is 0.408. The lowest BCUT2D eigenvalue weighted by molar-refractivity contribution is 0.0515. The number of nitrogens with zero attached hydrogens (tertiary/aromatic N) is 4. The molecule has 0 amide bonds. The van der Waals surface area contributed by atoms with Crippen molar-refractivity contribution in [3.05, 3.63) is 40.9 Å². The van der Waals surface area contributed by atoms with Gasteiger partial charge in [0.25, 0.3) is 0 Å². The lowest BCUT2D eigenvalue weighted by Crippen LogP contribution is -2.45. The van der Waals surface area contributed by atoms with E-state index in [0.29, 0.717) is 29.4 Å². The summed E-state index contributed by atoms with van der Waals surface area (Å²) in [5, 5.41) is 8.14. The lowest BCUT2D eigenvalue weighted by atomic mass is 9.74. The third kappa shape index (κ3) is 7.33. The van der Waals surface area contributed by atoms with Gasteiger partial charge in [0.15, 0.2) is 5.11 Å². The highest BCUT2D eigenvalue weighted by atomic mass is 35.5. The summed E-state index contributed by atoms with van der Waals surface area (Å²) in [6.07, 6.45) is 8.07. The average molecular weight is 571 g/mol. The zero-order valence-electron chi connectivity index (χ0n) is 23.4. The maximum atomic E-state index is 6.37. The van der Waals surface area contributed by atoms with Gasteiger partial charge < -0.3 is 25.2 Å². The van der Waals surface area contributed by atoms with Crippen molar-refractivity contribution in [3.8, 4) is 0 Å². The monoisotopic (exact) mass is 570 g/mol. The number of rotatable bonds is 6. The van der Waals surface area contributed by atoms with E-state index in [2.05, 4.69) is 52.5 Å². The van der Waals surface area contributed by atoms with E-state index in [9.17, 15) is 0 Å². The molecule has 3 aliphatic heterocycles. The summed E-state index contributed by atoms with van der Waals surface area (Å²) in [5.74, 6) is 3.85. The summed E-state index contributed by atoms with van der Waals surface area (Å²) in [6.45, 7) is 10.9. The van der Waals surface area contributed by atoms with E-state index < -0.39 is 0 Å². The Morgan fingerprint density at radius 2 is 1.67 bits per heavy atom. The van der Waals surface area contributed by atoms with Crippen molar-refractivity contribution in [1.29, 1.82) is 0 Å². The van der Waals surface area contributed by atoms with Gasteiger partial charge in [-0.3, -0.25) is 0 Å². The van der Waals surface area contributed by atoms with E-state index in [0.717, 1.165) is 68.9 Å². The third-order valence-electron chi connectivity index (χ3n) is 8.52. The minimum Gasteiger partial charge on any atom is -0.381 e. The van der Waals surface area contributed by atoms with E-state index in [1.54, 1.807) is 0 Å². The molecule has 7 nitrogen and oxygen atoms in total. The summed E-state index contributed by atoms with van der Waals surface area (Å²) < 4.78 is 5.71. The zero-order chi connectivity index (χ0) is 27.2. The number of anilines is 3. The van der Waals surface area contributed by atoms with Gasteiger partial charge in [0.2, 0.25) is 5.95 Å². The summed E-state index contributed by atoms with van der Waals surface area (Å²) in [5.41, 5.74) is 1.14. The van der Waals surface area contributed by atoms with Crippen molar-refractivity contribution in [1.82, 2.24) is 15.3 Å². The summed E-state index contributed by atoms with van der Waals surface area (Å²) in [7, 11) is 0. The Morgan fingerprint density at radius 1 is 1.00 bits per heavy atom. The average Bonchev–Trinajstić information content (AvgIpc) is 3.22. The second-order valence-corrected chi connectivity index (χ2v) is 12.7. The molecule has 0 saturated carbocycles. The van der Waals surface area contributed by atoms with E-state index in [1.165, 1.54) is 37.7 Å². The van der Waals surface area contributed by atoms with Crippen LogP contribution < -0.4 is 20.4 Å². The van der Waals surface area contributed by atoms with E-state index in [-0.39, 0.29) is 5.41 Å². The molecule has 9 heteroatoms. The minimum atomic E-state index is -0.0884. The maximum Gasteiger partial charge on any atom is 0.232 e. The van der Waals surface area contributed by atoms with Gasteiger partial charge in [-0.2, -0.15) is 9.97 Å². The first-order valence-corrected chi connectivity index (χ1v) is 15.5. The molecule has 2 aromatic rings. The molecule has 5 rings (SSSR count). The molecule has 3 fully saturated rings. The van der Waals surface area contributed by atoms with Gasteiger partial charge in [-0.25, -0.2) is 0 Å². The lowest BCUT2D eigenvalue weighted by Gasteiger charge is -2.38. The maximum absolute atomic E-state index is 6.37. The molecule has 0 bridgehead atoms. The molecule has 3 aliphatic rings. The SMILES string of the molecule is C[C@@H]1C[C@H](C)CN(c2cc(N3CCCCCC3)nc(NC(=S)NCC3(c4cccc(Cl)c4)CCOCC3)n2)C1. The van der Waals surface area contributed by atoms with Crippen LogP contribution in [0.3, 0.4) is 0 Å². The molecule has 0 unspecified atom stereocenters. The van der Waals surface area contributed by atoms with Gasteiger partial charge >= 0.3 is 0 Å². The predicted molar refractivity (Wildman–Crippen MR) is 165 cm³/mol. The smallest absolute Gasteiger partial charge is 0.232 e. The van der Waals surface area contributed by atoms with E-state index in [4.69, 9.17) is 38.5 Å². The molecular weight excluding hydrogens is 528 g/mol. The highest BCUT2D eigenvalue weighted by Gasteiger charge is 2.35. The van der Waals surface area contributed by atoms with Gasteiger partial charge in [-0.05, 0) is 73.9 Å². The third-order valence-corrected chi connectivity index (χ3v) is 9.00. The van der Waals surface area contributed by atoms with Crippen molar-refractivity contribution in [2.24, 2.45) is 11.8 Å². The van der Waals surface area contributed by atoms with Crippen molar-refractivity contribution in [2.75, 3.05) is 61.1 Å². The van der Waals surface area contributed by atoms with Crippen molar-refractivity contribution in [2.45, 2.75) is 64.2 Å². The Kier molecular flexibility index (Phi) is 9.46. The number of aromatic nitrogens is 2. The number of hydrogen-bond donors (Lipinski definition) is 2. The Hall–Kier alpha value is -2.16. The van der Waals surface area contributed by atoms with Gasteiger partial charge in [-0.15, -0.1) is 0 Å². The Labute approximate surface area is 244 Å². The number of benzene rings is 1. The first-order chi connectivity index (χ1) is 18.9. The molecule has 212 valence electrons. The summed E-state index contributed by atoms with van der Waals surface area (Å²) in [4.78, 5) is 14.8. The van der Waals surface area contributed by atoms with Crippen LogP contribution >= 0.6 is 23.8 Å². The molecule has 39 heavy (non-hydrogen) atoms.